The average molecular weight is 540 g/mol. The lowest BCUT2D eigenvalue weighted by atomic mass is 10.1. The van der Waals surface area contributed by atoms with Crippen molar-refractivity contribution in [3.8, 4) is 11.1 Å². The SMILES string of the molecule is O=[N+]([O-])c1cccc(-c2csc3ncnc(Nc4ccc(S(=O)(=O)Nc5ccc(Cl)nn5)cc4)c23)c1. The van der Waals surface area contributed by atoms with Crippen molar-refractivity contribution in [3.63, 3.8) is 0 Å². The zero-order chi connectivity index (χ0) is 25.3. The van der Waals surface area contributed by atoms with Gasteiger partial charge in [0.15, 0.2) is 11.0 Å². The van der Waals surface area contributed by atoms with Crippen LogP contribution in [0.5, 0.6) is 0 Å². The first-order valence-electron chi connectivity index (χ1n) is 10.2. The molecule has 0 fully saturated rings. The standard InChI is InChI=1S/C22H14ClN7O4S2/c23-18-8-9-19(28-27-18)29-36(33,34)16-6-4-14(5-7-16)26-21-20-17(11-35-22(20)25-12-24-21)13-2-1-3-15(10-13)30(31)32/h1-12H,(H,28,29)(H,24,25,26). The largest absolute Gasteiger partial charge is 0.340 e. The Labute approximate surface area is 213 Å². The number of nitro benzene ring substituents is 1. The highest BCUT2D eigenvalue weighted by molar-refractivity contribution is 7.92. The number of non-ortho nitro benzene ring substituents is 1. The topological polar surface area (TPSA) is 153 Å². The summed E-state index contributed by atoms with van der Waals surface area (Å²) in [7, 11) is -3.90. The van der Waals surface area contributed by atoms with Crippen molar-refractivity contribution in [3.05, 3.63) is 87.6 Å². The lowest BCUT2D eigenvalue weighted by molar-refractivity contribution is -0.384. The van der Waals surface area contributed by atoms with E-state index in [-0.39, 0.29) is 21.6 Å². The molecule has 0 aliphatic rings. The second-order valence-corrected chi connectivity index (χ2v) is 10.3. The van der Waals surface area contributed by atoms with Gasteiger partial charge in [0, 0.05) is 28.8 Å². The Kier molecular flexibility index (Phi) is 6.18. The van der Waals surface area contributed by atoms with Crippen LogP contribution in [0.25, 0.3) is 21.3 Å². The third-order valence-electron chi connectivity index (χ3n) is 5.04. The summed E-state index contributed by atoms with van der Waals surface area (Å²) in [5.41, 5.74) is 1.96. The molecule has 0 radical (unpaired) electrons. The Morgan fingerprint density at radius 3 is 2.53 bits per heavy atom. The Balaban J connectivity index is 1.43. The second kappa shape index (κ2) is 9.45. The highest BCUT2D eigenvalue weighted by Crippen LogP contribution is 2.38. The van der Waals surface area contributed by atoms with Crippen molar-refractivity contribution in [2.24, 2.45) is 0 Å². The first kappa shape index (κ1) is 23.5. The number of thiophene rings is 1. The molecular weight excluding hydrogens is 526 g/mol. The average Bonchev–Trinajstić information content (AvgIpc) is 3.31. The van der Waals surface area contributed by atoms with E-state index in [1.165, 1.54) is 54.1 Å². The first-order valence-corrected chi connectivity index (χ1v) is 12.9. The third kappa shape index (κ3) is 4.79. The van der Waals surface area contributed by atoms with Crippen LogP contribution in [-0.4, -0.2) is 33.5 Å². The number of aromatic nitrogens is 4. The summed E-state index contributed by atoms with van der Waals surface area (Å²) in [6, 6.07) is 15.2. The van der Waals surface area contributed by atoms with Crippen LogP contribution in [0.1, 0.15) is 0 Å². The van der Waals surface area contributed by atoms with Gasteiger partial charge < -0.3 is 5.32 Å². The third-order valence-corrected chi connectivity index (χ3v) is 7.50. The van der Waals surface area contributed by atoms with Crippen molar-refractivity contribution in [2.75, 3.05) is 10.0 Å². The molecule has 14 heteroatoms. The molecule has 180 valence electrons. The van der Waals surface area contributed by atoms with Crippen LogP contribution in [0.4, 0.5) is 23.0 Å². The van der Waals surface area contributed by atoms with Gasteiger partial charge in [0.25, 0.3) is 15.7 Å². The van der Waals surface area contributed by atoms with Crippen LogP contribution in [0.15, 0.2) is 77.3 Å². The van der Waals surface area contributed by atoms with Crippen LogP contribution in [0, 0.1) is 10.1 Å². The number of halogens is 1. The molecule has 5 aromatic rings. The van der Waals surface area contributed by atoms with Crippen LogP contribution < -0.4 is 10.0 Å². The minimum atomic E-state index is -3.90. The molecular formula is C22H14ClN7O4S2. The molecule has 0 atom stereocenters. The Hall–Kier alpha value is -4.20. The maximum atomic E-state index is 12.7. The molecule has 0 saturated heterocycles. The molecule has 0 saturated carbocycles. The molecule has 5 rings (SSSR count). The fourth-order valence-electron chi connectivity index (χ4n) is 3.39. The normalized spacial score (nSPS) is 11.4. The molecule has 2 N–H and O–H groups in total. The fourth-order valence-corrected chi connectivity index (χ4v) is 5.40. The van der Waals surface area contributed by atoms with E-state index in [9.17, 15) is 18.5 Å². The summed E-state index contributed by atoms with van der Waals surface area (Å²) < 4.78 is 27.7. The molecule has 0 aliphatic carbocycles. The molecule has 0 aliphatic heterocycles. The molecule has 0 unspecified atom stereocenters. The Morgan fingerprint density at radius 1 is 1.00 bits per heavy atom. The fraction of sp³-hybridized carbons (Fsp3) is 0. The minimum absolute atomic E-state index is 0.0189. The van der Waals surface area contributed by atoms with E-state index < -0.39 is 14.9 Å². The zero-order valence-electron chi connectivity index (χ0n) is 18.0. The van der Waals surface area contributed by atoms with Crippen LogP contribution >= 0.6 is 22.9 Å². The lowest BCUT2D eigenvalue weighted by Gasteiger charge is -2.10. The molecule has 0 spiro atoms. The van der Waals surface area contributed by atoms with Gasteiger partial charge in [0.05, 0.1) is 15.2 Å². The summed E-state index contributed by atoms with van der Waals surface area (Å²) in [5, 5.41) is 24.4. The van der Waals surface area contributed by atoms with E-state index in [4.69, 9.17) is 11.6 Å². The Morgan fingerprint density at radius 2 is 1.81 bits per heavy atom. The Bertz CT molecular complexity index is 1690. The summed E-state index contributed by atoms with van der Waals surface area (Å²) in [6.45, 7) is 0. The van der Waals surface area contributed by atoms with Gasteiger partial charge in [-0.15, -0.1) is 21.5 Å². The number of nitro groups is 1. The smallest absolute Gasteiger partial charge is 0.270 e. The minimum Gasteiger partial charge on any atom is -0.340 e. The number of hydrogen-bond acceptors (Lipinski definition) is 10. The summed E-state index contributed by atoms with van der Waals surface area (Å²) >= 11 is 7.07. The van der Waals surface area contributed by atoms with Crippen LogP contribution in [0.3, 0.4) is 0 Å². The molecule has 11 nitrogen and oxygen atoms in total. The molecule has 2 aromatic carbocycles. The van der Waals surface area contributed by atoms with Gasteiger partial charge in [-0.25, -0.2) is 18.4 Å². The monoisotopic (exact) mass is 539 g/mol. The van der Waals surface area contributed by atoms with Gasteiger partial charge >= 0.3 is 0 Å². The lowest BCUT2D eigenvalue weighted by Crippen LogP contribution is -2.14. The van der Waals surface area contributed by atoms with Gasteiger partial charge in [-0.3, -0.25) is 14.8 Å². The molecule has 3 heterocycles. The predicted octanol–water partition coefficient (Wildman–Crippen LogP) is 5.25. The van der Waals surface area contributed by atoms with Crippen molar-refractivity contribution in [2.45, 2.75) is 4.90 Å². The van der Waals surface area contributed by atoms with Crippen LogP contribution in [0.2, 0.25) is 5.15 Å². The van der Waals surface area contributed by atoms with Gasteiger partial charge in [-0.05, 0) is 42.0 Å². The van der Waals surface area contributed by atoms with E-state index in [1.807, 2.05) is 5.38 Å². The van der Waals surface area contributed by atoms with E-state index in [0.29, 0.717) is 27.3 Å². The van der Waals surface area contributed by atoms with E-state index in [1.54, 1.807) is 24.3 Å². The number of nitrogens with one attached hydrogen (secondary N) is 2. The van der Waals surface area contributed by atoms with Gasteiger partial charge in [0.2, 0.25) is 0 Å². The van der Waals surface area contributed by atoms with Crippen molar-refractivity contribution in [1.82, 2.24) is 20.2 Å². The first-order chi connectivity index (χ1) is 17.3. The second-order valence-electron chi connectivity index (χ2n) is 7.36. The number of benzene rings is 2. The number of anilines is 3. The highest BCUT2D eigenvalue weighted by Gasteiger charge is 2.17. The number of hydrogen-bond donors (Lipinski definition) is 2. The van der Waals surface area contributed by atoms with E-state index >= 15 is 0 Å². The van der Waals surface area contributed by atoms with Crippen molar-refractivity contribution in [1.29, 1.82) is 0 Å². The number of rotatable bonds is 7. The summed E-state index contributed by atoms with van der Waals surface area (Å²) in [4.78, 5) is 20.1. The summed E-state index contributed by atoms with van der Waals surface area (Å²) in [6.07, 6.45) is 1.41. The van der Waals surface area contributed by atoms with E-state index in [2.05, 4.69) is 30.2 Å². The van der Waals surface area contributed by atoms with Gasteiger partial charge in [-0.1, -0.05) is 23.7 Å². The predicted molar refractivity (Wildman–Crippen MR) is 137 cm³/mol. The van der Waals surface area contributed by atoms with E-state index in [0.717, 1.165) is 5.56 Å². The van der Waals surface area contributed by atoms with Crippen LogP contribution in [-0.2, 0) is 10.0 Å². The van der Waals surface area contributed by atoms with Gasteiger partial charge in [-0.2, -0.15) is 0 Å². The maximum Gasteiger partial charge on any atom is 0.270 e. The van der Waals surface area contributed by atoms with Crippen molar-refractivity contribution < 1.29 is 13.3 Å². The summed E-state index contributed by atoms with van der Waals surface area (Å²) in [5.74, 6) is 0.518. The molecule has 3 aromatic heterocycles. The van der Waals surface area contributed by atoms with Gasteiger partial charge in [0.1, 0.15) is 17.0 Å². The number of fused-ring (bicyclic) bond motifs is 1. The number of sulfonamides is 1. The zero-order valence-corrected chi connectivity index (χ0v) is 20.4. The maximum absolute atomic E-state index is 12.7. The quantitative estimate of drug-likeness (QED) is 0.208. The number of nitrogens with zero attached hydrogens (tertiary/aromatic N) is 5. The molecule has 0 amide bonds. The highest BCUT2D eigenvalue weighted by atomic mass is 35.5. The molecule has 36 heavy (non-hydrogen) atoms. The van der Waals surface area contributed by atoms with Crippen molar-refractivity contribution >= 4 is 66.2 Å². The molecule has 0 bridgehead atoms.